The van der Waals surface area contributed by atoms with E-state index >= 15 is 0 Å². The number of amides is 3. The number of halogens is 5. The Bertz CT molecular complexity index is 1110. The molecule has 0 aromatic heterocycles. The van der Waals surface area contributed by atoms with Crippen LogP contribution >= 0.6 is 11.6 Å². The van der Waals surface area contributed by atoms with Gasteiger partial charge in [0.05, 0.1) is 10.4 Å². The summed E-state index contributed by atoms with van der Waals surface area (Å²) in [6.45, 7) is 4.32. The quantitative estimate of drug-likeness (QED) is 0.610. The molecule has 2 aliphatic heterocycles. The molecule has 1 aromatic carbocycles. The van der Waals surface area contributed by atoms with Crippen LogP contribution in [0.1, 0.15) is 26.3 Å². The van der Waals surface area contributed by atoms with Crippen molar-refractivity contribution in [3.8, 4) is 0 Å². The van der Waals surface area contributed by atoms with Crippen molar-refractivity contribution in [3.05, 3.63) is 52.5 Å². The van der Waals surface area contributed by atoms with Crippen LogP contribution in [0.15, 0.2) is 46.1 Å². The molecule has 0 saturated heterocycles. The van der Waals surface area contributed by atoms with Crippen LogP contribution in [0.3, 0.4) is 0 Å². The standard InChI is InChI=1S/C21H22ClF4N5O2/c1-19(2)16(32)30(4)17(27)29-20(19,3)12-10-11(7-8-14(12)23)28-18(33)31-9-5-6-13(22)15(31)21(24,25)26/h5-8,10H,9H2,1-4H3,(H2,27,29)(H,28,33)/t20-/m1/s1. The number of carbonyl (C=O) groups is 2. The van der Waals surface area contributed by atoms with Crippen molar-refractivity contribution < 1.29 is 27.2 Å². The van der Waals surface area contributed by atoms with Crippen LogP contribution in [0.5, 0.6) is 0 Å². The molecule has 3 N–H and O–H groups in total. The second kappa shape index (κ2) is 8.05. The highest BCUT2D eigenvalue weighted by Gasteiger charge is 2.54. The molecule has 0 radical (unpaired) electrons. The normalized spacial score (nSPS) is 23.1. The zero-order valence-electron chi connectivity index (χ0n) is 18.2. The first kappa shape index (κ1) is 24.6. The number of benzene rings is 1. The van der Waals surface area contributed by atoms with Crippen molar-refractivity contribution in [2.75, 3.05) is 18.9 Å². The third-order valence-corrected chi connectivity index (χ3v) is 6.35. The molecule has 1 aromatic rings. The molecule has 0 unspecified atom stereocenters. The van der Waals surface area contributed by atoms with E-state index in [4.69, 9.17) is 17.3 Å². The van der Waals surface area contributed by atoms with E-state index in [1.165, 1.54) is 32.2 Å². The van der Waals surface area contributed by atoms with Crippen molar-refractivity contribution in [1.82, 2.24) is 9.80 Å². The molecule has 33 heavy (non-hydrogen) atoms. The Balaban J connectivity index is 2.00. The smallest absolute Gasteiger partial charge is 0.369 e. The molecule has 0 spiro atoms. The van der Waals surface area contributed by atoms with E-state index in [0.29, 0.717) is 4.90 Å². The molecule has 7 nitrogen and oxygen atoms in total. The summed E-state index contributed by atoms with van der Waals surface area (Å²) in [5, 5.41) is 1.70. The summed E-state index contributed by atoms with van der Waals surface area (Å²) in [5.74, 6) is -1.25. The van der Waals surface area contributed by atoms with Crippen LogP contribution < -0.4 is 11.1 Å². The number of urea groups is 1. The molecule has 0 aliphatic carbocycles. The summed E-state index contributed by atoms with van der Waals surface area (Å²) in [6.07, 6.45) is -2.50. The molecule has 0 saturated carbocycles. The average Bonchev–Trinajstić information content (AvgIpc) is 2.71. The lowest BCUT2D eigenvalue weighted by molar-refractivity contribution is -0.140. The number of nitrogens with one attached hydrogen (secondary N) is 1. The lowest BCUT2D eigenvalue weighted by Gasteiger charge is -2.46. The Morgan fingerprint density at radius 3 is 2.52 bits per heavy atom. The number of hydrogen-bond donors (Lipinski definition) is 2. The van der Waals surface area contributed by atoms with Gasteiger partial charge in [0.15, 0.2) is 5.96 Å². The fourth-order valence-corrected chi connectivity index (χ4v) is 4.07. The van der Waals surface area contributed by atoms with Crippen molar-refractivity contribution in [2.24, 2.45) is 16.1 Å². The second-order valence-corrected chi connectivity index (χ2v) is 8.77. The molecule has 0 fully saturated rings. The van der Waals surface area contributed by atoms with E-state index in [-0.39, 0.29) is 23.8 Å². The van der Waals surface area contributed by atoms with Crippen LogP contribution in [0, 0.1) is 11.2 Å². The van der Waals surface area contributed by atoms with E-state index in [2.05, 4.69) is 10.3 Å². The van der Waals surface area contributed by atoms with E-state index < -0.39 is 45.6 Å². The maximum atomic E-state index is 14.9. The number of alkyl halides is 3. The Morgan fingerprint density at radius 2 is 1.91 bits per heavy atom. The fourth-order valence-electron chi connectivity index (χ4n) is 3.77. The van der Waals surface area contributed by atoms with Crippen molar-refractivity contribution in [1.29, 1.82) is 0 Å². The molecular weight excluding hydrogens is 466 g/mol. The maximum absolute atomic E-state index is 14.9. The summed E-state index contributed by atoms with van der Waals surface area (Å²) in [7, 11) is 1.44. The van der Waals surface area contributed by atoms with Crippen LogP contribution in [0.2, 0.25) is 0 Å². The second-order valence-electron chi connectivity index (χ2n) is 8.36. The van der Waals surface area contributed by atoms with Gasteiger partial charge in [-0.3, -0.25) is 14.6 Å². The van der Waals surface area contributed by atoms with Crippen molar-refractivity contribution in [2.45, 2.75) is 32.5 Å². The Hall–Kier alpha value is -3.08. The Labute approximate surface area is 192 Å². The number of allylic oxidation sites excluding steroid dienone is 3. The predicted octanol–water partition coefficient (Wildman–Crippen LogP) is 4.27. The third-order valence-electron chi connectivity index (χ3n) is 6.04. The average molecular weight is 488 g/mol. The van der Waals surface area contributed by atoms with Gasteiger partial charge in [-0.15, -0.1) is 0 Å². The van der Waals surface area contributed by atoms with E-state index in [1.54, 1.807) is 13.8 Å². The van der Waals surface area contributed by atoms with Gasteiger partial charge < -0.3 is 11.1 Å². The number of anilines is 1. The number of hydrogen-bond acceptors (Lipinski definition) is 4. The molecule has 1 atom stereocenters. The minimum atomic E-state index is -4.87. The molecule has 178 valence electrons. The monoisotopic (exact) mass is 487 g/mol. The van der Waals surface area contributed by atoms with Crippen LogP contribution in [0.4, 0.5) is 28.0 Å². The lowest BCUT2D eigenvalue weighted by atomic mass is 9.67. The van der Waals surface area contributed by atoms with Gasteiger partial charge in [-0.25, -0.2) is 14.2 Å². The zero-order valence-corrected chi connectivity index (χ0v) is 19.0. The van der Waals surface area contributed by atoms with Crippen LogP contribution in [-0.4, -0.2) is 47.5 Å². The molecule has 3 rings (SSSR count). The first-order valence-electron chi connectivity index (χ1n) is 9.77. The summed E-state index contributed by atoms with van der Waals surface area (Å²) in [6, 6.07) is 2.33. The van der Waals surface area contributed by atoms with Crippen LogP contribution in [-0.2, 0) is 10.3 Å². The highest BCUT2D eigenvalue weighted by molar-refractivity contribution is 6.31. The highest BCUT2D eigenvalue weighted by atomic mass is 35.5. The first-order chi connectivity index (χ1) is 15.1. The number of carbonyl (C=O) groups excluding carboxylic acids is 2. The molecular formula is C21H22ClF4N5O2. The number of rotatable bonds is 2. The van der Waals surface area contributed by atoms with Gasteiger partial charge in [-0.05, 0) is 45.0 Å². The molecule has 12 heteroatoms. The number of guanidine groups is 1. The van der Waals surface area contributed by atoms with E-state index in [0.717, 1.165) is 17.0 Å². The number of aliphatic imine (C=N–C) groups is 1. The summed E-state index contributed by atoms with van der Waals surface area (Å²) in [4.78, 5) is 31.4. The zero-order chi connectivity index (χ0) is 24.9. The van der Waals surface area contributed by atoms with Crippen molar-refractivity contribution >= 4 is 35.2 Å². The van der Waals surface area contributed by atoms with Gasteiger partial charge in [0.2, 0.25) is 5.91 Å². The number of nitrogens with two attached hydrogens (primary N) is 1. The van der Waals surface area contributed by atoms with Gasteiger partial charge >= 0.3 is 12.2 Å². The van der Waals surface area contributed by atoms with E-state index in [1.807, 2.05) is 0 Å². The Morgan fingerprint density at radius 1 is 1.27 bits per heavy atom. The van der Waals surface area contributed by atoms with Crippen molar-refractivity contribution in [3.63, 3.8) is 0 Å². The minimum absolute atomic E-state index is 0.000716. The molecule has 2 heterocycles. The highest BCUT2D eigenvalue weighted by Crippen LogP contribution is 2.47. The summed E-state index contributed by atoms with van der Waals surface area (Å²) < 4.78 is 55.2. The lowest BCUT2D eigenvalue weighted by Crippen LogP contribution is -2.58. The van der Waals surface area contributed by atoms with Gasteiger partial charge in [0, 0.05) is 24.8 Å². The predicted molar refractivity (Wildman–Crippen MR) is 116 cm³/mol. The largest absolute Gasteiger partial charge is 0.433 e. The summed E-state index contributed by atoms with van der Waals surface area (Å²) >= 11 is 5.68. The molecule has 2 aliphatic rings. The van der Waals surface area contributed by atoms with Crippen LogP contribution in [0.25, 0.3) is 0 Å². The van der Waals surface area contributed by atoms with Gasteiger partial charge in [-0.1, -0.05) is 17.7 Å². The first-order valence-corrected chi connectivity index (χ1v) is 10.1. The molecule has 3 amide bonds. The maximum Gasteiger partial charge on any atom is 0.433 e. The number of nitrogens with zero attached hydrogens (tertiary/aromatic N) is 3. The topological polar surface area (TPSA) is 91.0 Å². The third kappa shape index (κ3) is 4.05. The minimum Gasteiger partial charge on any atom is -0.369 e. The SMILES string of the molecule is CN1C(=O)C(C)(C)[C@@](C)(c2cc(NC(=O)N3CC=CC(Cl)=C3C(F)(F)F)ccc2F)N=C1N. The van der Waals surface area contributed by atoms with E-state index in [9.17, 15) is 27.2 Å². The van der Waals surface area contributed by atoms with Gasteiger partial charge in [0.25, 0.3) is 0 Å². The Kier molecular flexibility index (Phi) is 5.99. The van der Waals surface area contributed by atoms with Gasteiger partial charge in [0.1, 0.15) is 17.1 Å². The summed E-state index contributed by atoms with van der Waals surface area (Å²) in [5.41, 5.74) is 1.81. The fraction of sp³-hybridized carbons (Fsp3) is 0.381. The van der Waals surface area contributed by atoms with Gasteiger partial charge in [-0.2, -0.15) is 13.2 Å². The molecule has 0 bridgehead atoms.